The van der Waals surface area contributed by atoms with Crippen LogP contribution in [0.2, 0.25) is 0 Å². The minimum Gasteiger partial charge on any atom is -0.497 e. The SMILES string of the molecule is CCCC1=IN(C2CCCC2)C2=C1CCN(CC1C=CC(OC)=CC1)C2=O. The van der Waals surface area contributed by atoms with E-state index < -0.39 is 0 Å². The zero-order valence-corrected chi connectivity index (χ0v) is 18.7. The first-order chi connectivity index (χ1) is 13.2. The normalized spacial score (nSPS) is 26.1. The Morgan fingerprint density at radius 2 is 2.11 bits per heavy atom. The van der Waals surface area contributed by atoms with E-state index in [0.29, 0.717) is 17.9 Å². The summed E-state index contributed by atoms with van der Waals surface area (Å²) < 4.78 is 9.54. The lowest BCUT2D eigenvalue weighted by molar-refractivity contribution is -0.129. The molecule has 0 aromatic rings. The number of hydrogen-bond donors (Lipinski definition) is 0. The van der Waals surface area contributed by atoms with Crippen molar-refractivity contribution in [2.45, 2.75) is 64.3 Å². The number of halogens is 1. The first kappa shape index (κ1) is 19.2. The van der Waals surface area contributed by atoms with Crippen LogP contribution in [0.1, 0.15) is 58.3 Å². The van der Waals surface area contributed by atoms with Gasteiger partial charge < -0.3 is 12.8 Å². The highest BCUT2D eigenvalue weighted by Crippen LogP contribution is 2.43. The molecule has 4 nitrogen and oxygen atoms in total. The first-order valence-corrected chi connectivity index (χ1v) is 12.5. The van der Waals surface area contributed by atoms with Crippen LogP contribution >= 0.6 is 21.0 Å². The molecule has 0 spiro atoms. The van der Waals surface area contributed by atoms with Gasteiger partial charge in [0, 0.05) is 43.6 Å². The monoisotopic (exact) mass is 482 g/mol. The Hall–Kier alpha value is -1.11. The zero-order chi connectivity index (χ0) is 18.8. The van der Waals surface area contributed by atoms with E-state index in [0.717, 1.165) is 37.4 Å². The third-order valence-corrected chi connectivity index (χ3v) is 9.66. The number of carbonyl (C=O) groups is 1. The molecule has 2 aliphatic heterocycles. The molecule has 27 heavy (non-hydrogen) atoms. The van der Waals surface area contributed by atoms with Gasteiger partial charge >= 0.3 is 0 Å². The van der Waals surface area contributed by atoms with Crippen LogP contribution in [-0.2, 0) is 9.53 Å². The van der Waals surface area contributed by atoms with E-state index in [9.17, 15) is 4.79 Å². The number of methoxy groups -OCH3 is 1. The van der Waals surface area contributed by atoms with E-state index in [1.165, 1.54) is 44.1 Å². The van der Waals surface area contributed by atoms with Crippen molar-refractivity contribution in [1.82, 2.24) is 8.01 Å². The van der Waals surface area contributed by atoms with Crippen LogP contribution in [-0.4, -0.2) is 43.7 Å². The van der Waals surface area contributed by atoms with Gasteiger partial charge in [0.25, 0.3) is 5.91 Å². The third kappa shape index (κ3) is 3.89. The molecule has 1 fully saturated rings. The maximum atomic E-state index is 13.5. The summed E-state index contributed by atoms with van der Waals surface area (Å²) in [5.74, 6) is 1.65. The molecule has 0 bridgehead atoms. The summed E-state index contributed by atoms with van der Waals surface area (Å²) in [6, 6.07) is 0.628. The van der Waals surface area contributed by atoms with Crippen molar-refractivity contribution < 1.29 is 9.53 Å². The Labute approximate surface area is 173 Å². The van der Waals surface area contributed by atoms with Crippen LogP contribution in [0.4, 0.5) is 0 Å². The molecule has 0 saturated heterocycles. The minimum absolute atomic E-state index is 0.150. The summed E-state index contributed by atoms with van der Waals surface area (Å²) >= 11 is -0.150. The van der Waals surface area contributed by atoms with Crippen LogP contribution in [0.5, 0.6) is 0 Å². The highest BCUT2D eigenvalue weighted by Gasteiger charge is 2.39. The van der Waals surface area contributed by atoms with Crippen molar-refractivity contribution in [2.75, 3.05) is 20.2 Å². The lowest BCUT2D eigenvalue weighted by Crippen LogP contribution is -2.44. The van der Waals surface area contributed by atoms with E-state index in [1.54, 1.807) is 10.6 Å². The molecule has 1 saturated carbocycles. The fourth-order valence-electron chi connectivity index (χ4n) is 4.62. The quantitative estimate of drug-likeness (QED) is 0.407. The van der Waals surface area contributed by atoms with Crippen molar-refractivity contribution in [3.05, 3.63) is 35.3 Å². The molecule has 5 heteroatoms. The number of nitrogens with zero attached hydrogens (tertiary/aromatic N) is 2. The topological polar surface area (TPSA) is 32.8 Å². The number of hydrogen-bond acceptors (Lipinski definition) is 3. The fraction of sp³-hybridized carbons (Fsp3) is 0.636. The van der Waals surface area contributed by atoms with Gasteiger partial charge in [0.05, 0.1) is 7.11 Å². The van der Waals surface area contributed by atoms with Gasteiger partial charge in [-0.1, -0.05) is 32.3 Å². The number of amides is 1. The van der Waals surface area contributed by atoms with Crippen molar-refractivity contribution >= 4 is 30.4 Å². The molecule has 148 valence electrons. The second kappa shape index (κ2) is 8.50. The second-order valence-electron chi connectivity index (χ2n) is 7.98. The molecule has 0 aromatic carbocycles. The molecule has 0 radical (unpaired) electrons. The second-order valence-corrected chi connectivity index (χ2v) is 10.8. The molecule has 2 heterocycles. The van der Waals surface area contributed by atoms with Crippen molar-refractivity contribution in [1.29, 1.82) is 0 Å². The molecule has 1 atom stereocenters. The first-order valence-electron chi connectivity index (χ1n) is 10.5. The Kier molecular flexibility index (Phi) is 6.05. The predicted molar refractivity (Wildman–Crippen MR) is 119 cm³/mol. The summed E-state index contributed by atoms with van der Waals surface area (Å²) in [6.07, 6.45) is 16.0. The molecule has 4 rings (SSSR count). The lowest BCUT2D eigenvalue weighted by Gasteiger charge is -2.35. The lowest BCUT2D eigenvalue weighted by atomic mass is 9.95. The molecule has 4 aliphatic rings. The highest BCUT2D eigenvalue weighted by molar-refractivity contribution is 14.2. The summed E-state index contributed by atoms with van der Waals surface area (Å²) in [5, 5.41) is 0. The van der Waals surface area contributed by atoms with Gasteiger partial charge in [-0.2, -0.15) is 0 Å². The van der Waals surface area contributed by atoms with Crippen molar-refractivity contribution in [3.63, 3.8) is 0 Å². The van der Waals surface area contributed by atoms with E-state index in [1.807, 2.05) is 6.08 Å². The van der Waals surface area contributed by atoms with E-state index in [-0.39, 0.29) is 21.0 Å². The van der Waals surface area contributed by atoms with E-state index in [2.05, 4.69) is 27.1 Å². The molecule has 2 aliphatic carbocycles. The van der Waals surface area contributed by atoms with Gasteiger partial charge in [-0.15, -0.1) is 0 Å². The molecule has 1 amide bonds. The van der Waals surface area contributed by atoms with E-state index in [4.69, 9.17) is 4.74 Å². The maximum absolute atomic E-state index is 13.5. The van der Waals surface area contributed by atoms with Crippen molar-refractivity contribution in [3.8, 4) is 0 Å². The fourth-order valence-corrected chi connectivity index (χ4v) is 8.53. The van der Waals surface area contributed by atoms with Crippen LogP contribution in [0.25, 0.3) is 0 Å². The van der Waals surface area contributed by atoms with Crippen LogP contribution < -0.4 is 0 Å². The highest BCUT2D eigenvalue weighted by atomic mass is 127. The minimum atomic E-state index is -0.150. The van der Waals surface area contributed by atoms with E-state index >= 15 is 0 Å². The average molecular weight is 482 g/mol. The molecule has 0 aromatic heterocycles. The number of rotatable bonds is 6. The Morgan fingerprint density at radius 3 is 2.78 bits per heavy atom. The van der Waals surface area contributed by atoms with Crippen LogP contribution in [0.15, 0.2) is 35.3 Å². The molecular formula is C22H31IN2O2. The summed E-state index contributed by atoms with van der Waals surface area (Å²) in [7, 11) is 1.71. The summed E-state index contributed by atoms with van der Waals surface area (Å²) in [4.78, 5) is 15.6. The summed E-state index contributed by atoms with van der Waals surface area (Å²) in [5.41, 5.74) is 2.55. The largest absolute Gasteiger partial charge is 0.497 e. The van der Waals surface area contributed by atoms with Gasteiger partial charge in [0.2, 0.25) is 0 Å². The number of allylic oxidation sites excluding steroid dienone is 2. The number of ether oxygens (including phenoxy) is 1. The molecule has 0 N–H and O–H groups in total. The Balaban J connectivity index is 1.50. The van der Waals surface area contributed by atoms with Crippen LogP contribution in [0, 0.1) is 5.92 Å². The zero-order valence-electron chi connectivity index (χ0n) is 16.5. The Bertz CT molecular complexity index is 716. The van der Waals surface area contributed by atoms with Gasteiger partial charge in [-0.25, -0.2) is 0 Å². The summed E-state index contributed by atoms with van der Waals surface area (Å²) in [6.45, 7) is 3.99. The smallest absolute Gasteiger partial charge is 0.271 e. The Morgan fingerprint density at radius 1 is 1.30 bits per heavy atom. The van der Waals surface area contributed by atoms with Gasteiger partial charge in [0.15, 0.2) is 0 Å². The predicted octanol–water partition coefficient (Wildman–Crippen LogP) is 4.70. The number of carbonyl (C=O) groups excluding carboxylic acids is 1. The third-order valence-electron chi connectivity index (χ3n) is 6.10. The average Bonchev–Trinajstić information content (AvgIpc) is 3.33. The standard InChI is InChI=1S/C22H31IN2O2/c1-3-6-20-19-13-14-24(15-16-9-11-18(27-2)12-10-16)22(26)21(19)25(23-20)17-7-4-5-8-17/h9,11-12,16-17H,3-8,10,13-15H2,1-2H3. The molecule has 1 unspecified atom stereocenters. The maximum Gasteiger partial charge on any atom is 0.271 e. The van der Waals surface area contributed by atoms with Crippen LogP contribution in [0.3, 0.4) is 0 Å². The van der Waals surface area contributed by atoms with Gasteiger partial charge in [-0.3, -0.25) is 4.79 Å². The molecular weight excluding hydrogens is 451 g/mol. The van der Waals surface area contributed by atoms with Gasteiger partial charge in [0.1, 0.15) is 11.5 Å². The van der Waals surface area contributed by atoms with Gasteiger partial charge in [-0.05, 0) is 55.7 Å². The van der Waals surface area contributed by atoms with Crippen molar-refractivity contribution in [2.24, 2.45) is 5.92 Å².